The highest BCUT2D eigenvalue weighted by molar-refractivity contribution is 6.68. The van der Waals surface area contributed by atoms with Gasteiger partial charge in [0.05, 0.1) is 12.7 Å². The van der Waals surface area contributed by atoms with Crippen molar-refractivity contribution in [3.05, 3.63) is 52.0 Å². The van der Waals surface area contributed by atoms with Crippen molar-refractivity contribution in [3.63, 3.8) is 0 Å². The number of aromatic nitrogens is 2. The van der Waals surface area contributed by atoms with Crippen LogP contribution in [0.5, 0.6) is 0 Å². The van der Waals surface area contributed by atoms with Gasteiger partial charge in [0.1, 0.15) is 25.5 Å². The number of alkyl carbamates (subject to hydrolysis) is 1. The first kappa shape index (κ1) is 24.5. The van der Waals surface area contributed by atoms with Crippen molar-refractivity contribution in [2.24, 2.45) is 0 Å². The number of carbonyl (C=O) groups is 2. The number of benzene rings is 1. The zero-order valence-corrected chi connectivity index (χ0v) is 18.6. The molecule has 1 amide bonds. The molecule has 14 heteroatoms. The molecule has 0 unspecified atom stereocenters. The van der Waals surface area contributed by atoms with E-state index in [1.54, 1.807) is 6.92 Å². The molecule has 1 heterocycles. The normalized spacial score (nSPS) is 12.0. The molecule has 1 aromatic heterocycles. The van der Waals surface area contributed by atoms with E-state index in [2.05, 4.69) is 20.4 Å². The van der Waals surface area contributed by atoms with E-state index in [1.807, 2.05) is 0 Å². The second-order valence-corrected chi connectivity index (χ2v) is 8.41. The summed E-state index contributed by atoms with van der Waals surface area (Å²) < 4.78 is 8.99. The van der Waals surface area contributed by atoms with E-state index in [4.69, 9.17) is 39.5 Å². The first-order valence-electron chi connectivity index (χ1n) is 8.64. The third-order valence-electron chi connectivity index (χ3n) is 3.98. The number of methoxy groups -OCH3 is 1. The van der Waals surface area contributed by atoms with Gasteiger partial charge < -0.3 is 24.9 Å². The van der Waals surface area contributed by atoms with Gasteiger partial charge in [-0.1, -0.05) is 34.8 Å². The van der Waals surface area contributed by atoms with Gasteiger partial charge in [-0.25, -0.2) is 19.1 Å². The maximum atomic E-state index is 12.1. The van der Waals surface area contributed by atoms with E-state index in [1.165, 1.54) is 35.9 Å². The number of amides is 1. The largest absolute Gasteiger partial charge is 0.465 e. The van der Waals surface area contributed by atoms with Crippen molar-refractivity contribution < 1.29 is 24.0 Å². The summed E-state index contributed by atoms with van der Waals surface area (Å²) in [6.07, 6.45) is -1.00. The van der Waals surface area contributed by atoms with E-state index in [9.17, 15) is 19.7 Å². The molecule has 0 spiro atoms. The average molecular weight is 495 g/mol. The molecular weight excluding hydrogens is 477 g/mol. The molecule has 11 nitrogen and oxygen atoms in total. The summed E-state index contributed by atoms with van der Waals surface area (Å²) in [5.41, 5.74) is 0.753. The maximum absolute atomic E-state index is 12.1. The van der Waals surface area contributed by atoms with E-state index in [0.717, 1.165) is 6.20 Å². The van der Waals surface area contributed by atoms with Crippen LogP contribution in [0.4, 0.5) is 16.3 Å². The van der Waals surface area contributed by atoms with Crippen LogP contribution >= 0.6 is 34.8 Å². The van der Waals surface area contributed by atoms with Crippen molar-refractivity contribution >= 4 is 58.4 Å². The summed E-state index contributed by atoms with van der Waals surface area (Å²) >= 11 is 17.8. The molecule has 1 atom stereocenters. The fourth-order valence-corrected chi connectivity index (χ4v) is 2.78. The molecule has 1 aromatic carbocycles. The number of imidazole rings is 1. The van der Waals surface area contributed by atoms with Crippen LogP contribution in [0.2, 0.25) is 0 Å². The quantitative estimate of drug-likeness (QED) is 0.187. The molecule has 0 radical (unpaired) electrons. The average Bonchev–Trinajstić information content (AvgIpc) is 3.07. The molecule has 31 heavy (non-hydrogen) atoms. The Kier molecular flexibility index (Phi) is 8.31. The first-order chi connectivity index (χ1) is 14.5. The summed E-state index contributed by atoms with van der Waals surface area (Å²) in [5.74, 6) is -0.343. The number of halogens is 3. The molecule has 0 aliphatic heterocycles. The van der Waals surface area contributed by atoms with Crippen molar-refractivity contribution in [3.8, 4) is 0 Å². The molecule has 2 N–H and O–H groups in total. The first-order valence-corrected chi connectivity index (χ1v) is 9.77. The number of anilines is 1. The zero-order chi connectivity index (χ0) is 23.2. The smallest absolute Gasteiger partial charge is 0.409 e. The second kappa shape index (κ2) is 10.5. The van der Waals surface area contributed by atoms with Crippen LogP contribution in [-0.2, 0) is 16.0 Å². The highest BCUT2D eigenvalue weighted by atomic mass is 35.6. The minimum Gasteiger partial charge on any atom is -0.465 e. The summed E-state index contributed by atoms with van der Waals surface area (Å²) in [5, 5.41) is 16.2. The van der Waals surface area contributed by atoms with Crippen LogP contribution in [0.25, 0.3) is 0 Å². The molecule has 0 fully saturated rings. The Morgan fingerprint density at radius 1 is 1.29 bits per heavy atom. The highest BCUT2D eigenvalue weighted by Crippen LogP contribution is 2.31. The number of hydrogen-bond acceptors (Lipinski definition) is 8. The number of nitrogens with zero attached hydrogens (tertiary/aromatic N) is 3. The molecule has 0 saturated carbocycles. The van der Waals surface area contributed by atoms with Crippen LogP contribution in [0, 0.1) is 17.0 Å². The van der Waals surface area contributed by atoms with Crippen LogP contribution in [0.15, 0.2) is 30.5 Å². The van der Waals surface area contributed by atoms with Gasteiger partial charge in [0.15, 0.2) is 5.82 Å². The zero-order valence-electron chi connectivity index (χ0n) is 16.3. The van der Waals surface area contributed by atoms with Gasteiger partial charge in [0, 0.05) is 12.6 Å². The maximum Gasteiger partial charge on any atom is 0.409 e. The Morgan fingerprint density at radius 3 is 2.48 bits per heavy atom. The van der Waals surface area contributed by atoms with E-state index < -0.39 is 26.9 Å². The number of hydrogen-bond donors (Lipinski definition) is 2. The highest BCUT2D eigenvalue weighted by Gasteiger charge is 2.34. The standard InChI is InChI=1S/C17H18Cl3N5O6/c1-10-21-9-13(25(28)29)24(10)7-8-31-16(27)23-15(17(18,19)20)22-12-5-3-11(4-6-12)14(26)30-2/h3-6,9,15,22H,7-8H2,1-2H3,(H,23,27)/t15-/m1/s1. The Labute approximate surface area is 191 Å². The lowest BCUT2D eigenvalue weighted by molar-refractivity contribution is -0.392. The number of aryl methyl sites for hydroxylation is 1. The van der Waals surface area contributed by atoms with Crippen molar-refractivity contribution in [2.45, 2.75) is 23.4 Å². The number of nitro groups is 1. The lowest BCUT2D eigenvalue weighted by Crippen LogP contribution is -2.49. The van der Waals surface area contributed by atoms with E-state index in [-0.39, 0.29) is 19.0 Å². The summed E-state index contributed by atoms with van der Waals surface area (Å²) in [6.45, 7) is 1.40. The molecule has 0 aliphatic rings. The lowest BCUT2D eigenvalue weighted by atomic mass is 10.2. The third-order valence-corrected chi connectivity index (χ3v) is 4.63. The van der Waals surface area contributed by atoms with Gasteiger partial charge in [0.25, 0.3) is 0 Å². The Balaban J connectivity index is 1.96. The summed E-state index contributed by atoms with van der Waals surface area (Å²) in [6, 6.07) is 6.04. The van der Waals surface area contributed by atoms with Gasteiger partial charge in [-0.3, -0.25) is 5.32 Å². The number of carbonyl (C=O) groups excluding carboxylic acids is 2. The number of nitrogens with one attached hydrogen (secondary N) is 2. The van der Waals surface area contributed by atoms with Gasteiger partial charge in [0.2, 0.25) is 3.79 Å². The second-order valence-electron chi connectivity index (χ2n) is 6.04. The van der Waals surface area contributed by atoms with Gasteiger partial charge >= 0.3 is 17.9 Å². The molecule has 168 valence electrons. The Hall–Kier alpha value is -2.76. The molecular formula is C17H18Cl3N5O6. The van der Waals surface area contributed by atoms with Crippen molar-refractivity contribution in [2.75, 3.05) is 19.0 Å². The number of rotatable bonds is 8. The van der Waals surface area contributed by atoms with E-state index >= 15 is 0 Å². The monoisotopic (exact) mass is 493 g/mol. The van der Waals surface area contributed by atoms with Gasteiger partial charge in [-0.15, -0.1) is 0 Å². The van der Waals surface area contributed by atoms with Crippen molar-refractivity contribution in [1.29, 1.82) is 0 Å². The minimum atomic E-state index is -1.96. The fourth-order valence-electron chi connectivity index (χ4n) is 2.45. The molecule has 2 rings (SSSR count). The molecule has 0 saturated heterocycles. The predicted molar refractivity (Wildman–Crippen MR) is 114 cm³/mol. The van der Waals surface area contributed by atoms with Crippen LogP contribution in [0.1, 0.15) is 16.2 Å². The van der Waals surface area contributed by atoms with Gasteiger partial charge in [-0.05, 0) is 29.2 Å². The molecule has 2 aromatic rings. The van der Waals surface area contributed by atoms with Crippen molar-refractivity contribution in [1.82, 2.24) is 14.9 Å². The number of ether oxygens (including phenoxy) is 2. The summed E-state index contributed by atoms with van der Waals surface area (Å²) in [7, 11) is 1.26. The van der Waals surface area contributed by atoms with Crippen LogP contribution < -0.4 is 10.6 Å². The van der Waals surface area contributed by atoms with Crippen LogP contribution in [0.3, 0.4) is 0 Å². The molecule has 0 aliphatic carbocycles. The number of alkyl halides is 3. The summed E-state index contributed by atoms with van der Waals surface area (Å²) in [4.78, 5) is 37.9. The van der Waals surface area contributed by atoms with Crippen LogP contribution in [-0.4, -0.2) is 50.2 Å². The van der Waals surface area contributed by atoms with E-state index in [0.29, 0.717) is 17.1 Å². The van der Waals surface area contributed by atoms with Gasteiger partial charge in [-0.2, -0.15) is 0 Å². The minimum absolute atomic E-state index is 0.0103. The third kappa shape index (κ3) is 6.88. The predicted octanol–water partition coefficient (Wildman–Crippen LogP) is 3.42. The SMILES string of the molecule is COC(=O)c1ccc(N[C@H](NC(=O)OCCn2c([N+](=O)[O-])cnc2C)C(Cl)(Cl)Cl)cc1. The number of esters is 1. The topological polar surface area (TPSA) is 138 Å². The fraction of sp³-hybridized carbons (Fsp3) is 0.353. The Morgan fingerprint density at radius 2 is 1.94 bits per heavy atom. The lowest BCUT2D eigenvalue weighted by Gasteiger charge is -2.27. The molecule has 0 bridgehead atoms. The Bertz CT molecular complexity index is 945.